The van der Waals surface area contributed by atoms with Gasteiger partial charge in [0.1, 0.15) is 12.3 Å². The van der Waals surface area contributed by atoms with E-state index in [0.29, 0.717) is 5.28 Å². The van der Waals surface area contributed by atoms with E-state index in [4.69, 9.17) is 16.3 Å². The first-order chi connectivity index (χ1) is 9.60. The van der Waals surface area contributed by atoms with Gasteiger partial charge in [-0.2, -0.15) is 0 Å². The van der Waals surface area contributed by atoms with E-state index in [9.17, 15) is 4.79 Å². The maximum absolute atomic E-state index is 11.9. The predicted molar refractivity (Wildman–Crippen MR) is 76.8 cm³/mol. The summed E-state index contributed by atoms with van der Waals surface area (Å²) in [6.45, 7) is 2.08. The molecule has 1 unspecified atom stereocenters. The minimum atomic E-state index is -0.117. The first kappa shape index (κ1) is 14.4. The molecule has 2 aromatic rings. The molecule has 0 fully saturated rings. The second-order valence-corrected chi connectivity index (χ2v) is 4.72. The first-order valence-electron chi connectivity index (χ1n) is 6.20. The van der Waals surface area contributed by atoms with Gasteiger partial charge >= 0.3 is 0 Å². The average Bonchev–Trinajstić information content (AvgIpc) is 2.84. The van der Waals surface area contributed by atoms with Crippen LogP contribution in [0.25, 0.3) is 0 Å². The van der Waals surface area contributed by atoms with Gasteiger partial charge in [0.25, 0.3) is 0 Å². The smallest absolute Gasteiger partial charge is 0.240 e. The third-order valence-corrected chi connectivity index (χ3v) is 3.29. The second kappa shape index (κ2) is 6.43. The fraction of sp³-hybridized carbons (Fsp3) is 0.286. The molecule has 106 valence electrons. The van der Waals surface area contributed by atoms with Crippen LogP contribution in [-0.2, 0) is 11.3 Å². The zero-order valence-electron chi connectivity index (χ0n) is 11.3. The molecule has 0 bridgehead atoms. The highest BCUT2D eigenvalue weighted by atomic mass is 35.5. The van der Waals surface area contributed by atoms with Crippen molar-refractivity contribution in [2.75, 3.05) is 7.11 Å². The van der Waals surface area contributed by atoms with Gasteiger partial charge in [-0.1, -0.05) is 12.1 Å². The van der Waals surface area contributed by atoms with E-state index in [2.05, 4.69) is 10.3 Å². The molecule has 0 radical (unpaired) electrons. The SMILES string of the molecule is COc1ccc(C(C)NC(=O)Cn2ccnc2Cl)cc1. The van der Waals surface area contributed by atoms with Gasteiger partial charge in [0, 0.05) is 12.4 Å². The summed E-state index contributed by atoms with van der Waals surface area (Å²) in [5.74, 6) is 0.672. The van der Waals surface area contributed by atoms with Gasteiger partial charge in [-0.05, 0) is 36.2 Å². The van der Waals surface area contributed by atoms with E-state index < -0.39 is 0 Å². The lowest BCUT2D eigenvalue weighted by molar-refractivity contribution is -0.122. The van der Waals surface area contributed by atoms with E-state index in [1.807, 2.05) is 31.2 Å². The molecule has 1 heterocycles. The summed E-state index contributed by atoms with van der Waals surface area (Å²) in [5.41, 5.74) is 1.01. The van der Waals surface area contributed by atoms with E-state index in [1.54, 1.807) is 24.1 Å². The van der Waals surface area contributed by atoms with Crippen LogP contribution in [0.4, 0.5) is 0 Å². The van der Waals surface area contributed by atoms with Crippen LogP contribution in [0.2, 0.25) is 5.28 Å². The average molecular weight is 294 g/mol. The molecule has 5 nitrogen and oxygen atoms in total. The van der Waals surface area contributed by atoms with Crippen LogP contribution in [0.5, 0.6) is 5.75 Å². The Morgan fingerprint density at radius 3 is 2.70 bits per heavy atom. The molecule has 0 saturated carbocycles. The largest absolute Gasteiger partial charge is 0.497 e. The van der Waals surface area contributed by atoms with E-state index >= 15 is 0 Å². The summed E-state index contributed by atoms with van der Waals surface area (Å²) in [6.07, 6.45) is 3.22. The van der Waals surface area contributed by atoms with Gasteiger partial charge in [0.2, 0.25) is 11.2 Å². The van der Waals surface area contributed by atoms with Gasteiger partial charge < -0.3 is 14.6 Å². The Bertz CT molecular complexity index is 580. The van der Waals surface area contributed by atoms with E-state index in [-0.39, 0.29) is 18.5 Å². The van der Waals surface area contributed by atoms with Crippen LogP contribution in [0.1, 0.15) is 18.5 Å². The molecule has 1 amide bonds. The fourth-order valence-corrected chi connectivity index (χ4v) is 2.02. The minimum Gasteiger partial charge on any atom is -0.497 e. The van der Waals surface area contributed by atoms with Crippen molar-refractivity contribution in [1.29, 1.82) is 0 Å². The topological polar surface area (TPSA) is 56.1 Å². The van der Waals surface area contributed by atoms with Gasteiger partial charge in [-0.15, -0.1) is 0 Å². The maximum atomic E-state index is 11.9. The monoisotopic (exact) mass is 293 g/mol. The standard InChI is InChI=1S/C14H16ClN3O2/c1-10(11-3-5-12(20-2)6-4-11)17-13(19)9-18-8-7-16-14(18)15/h3-8,10H,9H2,1-2H3,(H,17,19). The molecule has 1 atom stereocenters. The number of benzene rings is 1. The van der Waals surface area contributed by atoms with Gasteiger partial charge in [0.15, 0.2) is 0 Å². The van der Waals surface area contributed by atoms with Crippen LogP contribution < -0.4 is 10.1 Å². The Balaban J connectivity index is 1.94. The first-order valence-corrected chi connectivity index (χ1v) is 6.58. The Kier molecular flexibility index (Phi) is 4.63. The number of carbonyl (C=O) groups is 1. The number of ether oxygens (including phenoxy) is 1. The molecule has 0 saturated heterocycles. The number of halogens is 1. The van der Waals surface area contributed by atoms with E-state index in [0.717, 1.165) is 11.3 Å². The molecule has 20 heavy (non-hydrogen) atoms. The number of amides is 1. The lowest BCUT2D eigenvalue weighted by atomic mass is 10.1. The van der Waals surface area contributed by atoms with Crippen molar-refractivity contribution in [3.05, 3.63) is 47.5 Å². The molecule has 0 aliphatic carbocycles. The Labute approximate surface area is 122 Å². The third-order valence-electron chi connectivity index (χ3n) is 2.97. The molecule has 1 aromatic carbocycles. The molecule has 1 aromatic heterocycles. The van der Waals surface area contributed by atoms with Crippen molar-refractivity contribution in [1.82, 2.24) is 14.9 Å². The summed E-state index contributed by atoms with van der Waals surface area (Å²) in [6, 6.07) is 7.49. The third kappa shape index (κ3) is 3.51. The highest BCUT2D eigenvalue weighted by Gasteiger charge is 2.11. The highest BCUT2D eigenvalue weighted by Crippen LogP contribution is 2.17. The van der Waals surface area contributed by atoms with Crippen molar-refractivity contribution in [3.63, 3.8) is 0 Å². The van der Waals surface area contributed by atoms with Crippen molar-refractivity contribution < 1.29 is 9.53 Å². The normalized spacial score (nSPS) is 11.9. The quantitative estimate of drug-likeness (QED) is 0.921. The number of hydrogen-bond acceptors (Lipinski definition) is 3. The summed E-state index contributed by atoms with van der Waals surface area (Å²) >= 11 is 5.83. The zero-order chi connectivity index (χ0) is 14.5. The van der Waals surface area contributed by atoms with Crippen molar-refractivity contribution in [2.45, 2.75) is 19.5 Å². The summed E-state index contributed by atoms with van der Waals surface area (Å²) in [4.78, 5) is 15.8. The lowest BCUT2D eigenvalue weighted by Gasteiger charge is -2.15. The van der Waals surface area contributed by atoms with Gasteiger partial charge in [-0.3, -0.25) is 4.79 Å². The molecular formula is C14H16ClN3O2. The predicted octanol–water partition coefficient (Wildman–Crippen LogP) is 2.42. The molecule has 2 rings (SSSR count). The van der Waals surface area contributed by atoms with Crippen LogP contribution >= 0.6 is 11.6 Å². The number of nitrogens with zero attached hydrogens (tertiary/aromatic N) is 2. The number of methoxy groups -OCH3 is 1. The lowest BCUT2D eigenvalue weighted by Crippen LogP contribution is -2.29. The zero-order valence-corrected chi connectivity index (χ0v) is 12.1. The molecule has 0 spiro atoms. The number of nitrogens with one attached hydrogen (secondary N) is 1. The van der Waals surface area contributed by atoms with Crippen LogP contribution in [0, 0.1) is 0 Å². The molecule has 0 aliphatic rings. The van der Waals surface area contributed by atoms with Gasteiger partial charge in [-0.25, -0.2) is 4.98 Å². The van der Waals surface area contributed by atoms with Crippen molar-refractivity contribution in [3.8, 4) is 5.75 Å². The fourth-order valence-electron chi connectivity index (χ4n) is 1.85. The van der Waals surface area contributed by atoms with Crippen LogP contribution in [0.15, 0.2) is 36.7 Å². The number of carbonyl (C=O) groups excluding carboxylic acids is 1. The summed E-state index contributed by atoms with van der Waals surface area (Å²) in [5, 5.41) is 3.22. The Morgan fingerprint density at radius 2 is 2.15 bits per heavy atom. The number of aromatic nitrogens is 2. The number of imidazole rings is 1. The Hall–Kier alpha value is -2.01. The number of hydrogen-bond donors (Lipinski definition) is 1. The maximum Gasteiger partial charge on any atom is 0.240 e. The highest BCUT2D eigenvalue weighted by molar-refractivity contribution is 6.28. The molecular weight excluding hydrogens is 278 g/mol. The minimum absolute atomic E-state index is 0.0873. The Morgan fingerprint density at radius 1 is 1.45 bits per heavy atom. The molecule has 1 N–H and O–H groups in total. The number of rotatable bonds is 5. The van der Waals surface area contributed by atoms with Gasteiger partial charge in [0.05, 0.1) is 13.2 Å². The summed E-state index contributed by atoms with van der Waals surface area (Å²) in [7, 11) is 1.62. The van der Waals surface area contributed by atoms with Crippen molar-refractivity contribution in [2.24, 2.45) is 0 Å². The van der Waals surface area contributed by atoms with E-state index in [1.165, 1.54) is 0 Å². The molecule has 0 aliphatic heterocycles. The molecule has 6 heteroatoms. The van der Waals surface area contributed by atoms with Crippen molar-refractivity contribution >= 4 is 17.5 Å². The summed E-state index contributed by atoms with van der Waals surface area (Å²) < 4.78 is 6.68. The second-order valence-electron chi connectivity index (χ2n) is 4.39. The van der Waals surface area contributed by atoms with Crippen LogP contribution in [-0.4, -0.2) is 22.6 Å². The van der Waals surface area contributed by atoms with Crippen LogP contribution in [0.3, 0.4) is 0 Å².